The number of anilines is 2. The fourth-order valence-corrected chi connectivity index (χ4v) is 3.48. The maximum atomic E-state index is 12.1. The molecule has 0 spiro atoms. The van der Waals surface area contributed by atoms with Gasteiger partial charge in [0, 0.05) is 12.6 Å². The van der Waals surface area contributed by atoms with Gasteiger partial charge in [0.2, 0.25) is 11.0 Å². The molecule has 0 unspecified atom stereocenters. The molecule has 24 heavy (non-hydrogen) atoms. The van der Waals surface area contributed by atoms with Gasteiger partial charge in [-0.15, -0.1) is 10.2 Å². The SMILES string of the molecule is CCNc1nnc(SCC(=O)Nc2cc(C)c(C)cc2[N+](=O)[O-])s1. The summed E-state index contributed by atoms with van der Waals surface area (Å²) in [7, 11) is 0. The molecule has 0 bridgehead atoms. The van der Waals surface area contributed by atoms with Crippen LogP contribution in [-0.4, -0.2) is 33.3 Å². The van der Waals surface area contributed by atoms with Crippen molar-refractivity contribution in [1.82, 2.24) is 10.2 Å². The highest BCUT2D eigenvalue weighted by Gasteiger charge is 2.18. The van der Waals surface area contributed by atoms with Crippen LogP contribution < -0.4 is 10.6 Å². The van der Waals surface area contributed by atoms with Gasteiger partial charge in [-0.3, -0.25) is 14.9 Å². The Labute approximate surface area is 147 Å². The van der Waals surface area contributed by atoms with E-state index in [0.29, 0.717) is 9.47 Å². The van der Waals surface area contributed by atoms with Gasteiger partial charge in [-0.2, -0.15) is 0 Å². The summed E-state index contributed by atoms with van der Waals surface area (Å²) in [6, 6.07) is 3.08. The van der Waals surface area contributed by atoms with Crippen LogP contribution in [0.2, 0.25) is 0 Å². The van der Waals surface area contributed by atoms with Crippen molar-refractivity contribution in [2.24, 2.45) is 0 Å². The van der Waals surface area contributed by atoms with E-state index in [2.05, 4.69) is 20.8 Å². The predicted octanol–water partition coefficient (Wildman–Crippen LogP) is 3.23. The number of carbonyl (C=O) groups is 1. The van der Waals surface area contributed by atoms with Crippen molar-refractivity contribution in [1.29, 1.82) is 0 Å². The van der Waals surface area contributed by atoms with E-state index < -0.39 is 4.92 Å². The Hall–Kier alpha value is -2.20. The number of nitro benzene ring substituents is 1. The monoisotopic (exact) mass is 367 g/mol. The molecule has 1 amide bonds. The summed E-state index contributed by atoms with van der Waals surface area (Å²) in [5, 5.41) is 25.4. The highest BCUT2D eigenvalue weighted by Crippen LogP contribution is 2.29. The second-order valence-corrected chi connectivity index (χ2v) is 7.15. The number of aromatic nitrogens is 2. The van der Waals surface area contributed by atoms with Gasteiger partial charge >= 0.3 is 0 Å². The molecule has 0 saturated carbocycles. The summed E-state index contributed by atoms with van der Waals surface area (Å²) in [5.41, 5.74) is 1.78. The Morgan fingerprint density at radius 3 is 2.71 bits per heavy atom. The Balaban J connectivity index is 2.01. The Bertz CT molecular complexity index is 763. The van der Waals surface area contributed by atoms with Gasteiger partial charge in [0.1, 0.15) is 5.69 Å². The van der Waals surface area contributed by atoms with E-state index in [-0.39, 0.29) is 23.0 Å². The molecule has 1 heterocycles. The fraction of sp³-hybridized carbons (Fsp3) is 0.357. The summed E-state index contributed by atoms with van der Waals surface area (Å²) >= 11 is 2.60. The van der Waals surface area contributed by atoms with Crippen LogP contribution in [0.5, 0.6) is 0 Å². The Morgan fingerprint density at radius 1 is 1.33 bits per heavy atom. The number of hydrogen-bond acceptors (Lipinski definition) is 8. The third-order valence-corrected chi connectivity index (χ3v) is 5.16. The molecular formula is C14H17N5O3S2. The van der Waals surface area contributed by atoms with Gasteiger partial charge in [-0.25, -0.2) is 0 Å². The second kappa shape index (κ2) is 8.06. The zero-order valence-corrected chi connectivity index (χ0v) is 15.1. The van der Waals surface area contributed by atoms with Crippen molar-refractivity contribution >= 4 is 45.5 Å². The van der Waals surface area contributed by atoms with Crippen LogP contribution in [-0.2, 0) is 4.79 Å². The van der Waals surface area contributed by atoms with Crippen LogP contribution in [0.25, 0.3) is 0 Å². The van der Waals surface area contributed by atoms with Crippen LogP contribution >= 0.6 is 23.1 Å². The zero-order chi connectivity index (χ0) is 17.7. The molecule has 0 radical (unpaired) electrons. The van der Waals surface area contributed by atoms with Crippen molar-refractivity contribution in [3.05, 3.63) is 33.4 Å². The molecule has 2 rings (SSSR count). The number of thioether (sulfide) groups is 1. The standard InChI is InChI=1S/C14H17N5O3S2/c1-4-15-13-17-18-14(24-13)23-7-12(20)16-10-5-8(2)9(3)6-11(10)19(21)22/h5-6H,4,7H2,1-3H3,(H,15,17)(H,16,20). The number of amides is 1. The number of hydrogen-bond donors (Lipinski definition) is 2. The topological polar surface area (TPSA) is 110 Å². The van der Waals surface area contributed by atoms with E-state index in [0.717, 1.165) is 17.7 Å². The molecule has 2 N–H and O–H groups in total. The van der Waals surface area contributed by atoms with Gasteiger partial charge in [0.25, 0.3) is 5.69 Å². The maximum Gasteiger partial charge on any atom is 0.293 e. The molecule has 1 aromatic carbocycles. The van der Waals surface area contributed by atoms with Gasteiger partial charge < -0.3 is 10.6 Å². The maximum absolute atomic E-state index is 12.1. The minimum atomic E-state index is -0.497. The van der Waals surface area contributed by atoms with Gasteiger partial charge in [0.15, 0.2) is 4.34 Å². The molecule has 2 aromatic rings. The van der Waals surface area contributed by atoms with Crippen LogP contribution in [0.1, 0.15) is 18.1 Å². The average Bonchev–Trinajstić information content (AvgIpc) is 2.96. The minimum absolute atomic E-state index is 0.102. The lowest BCUT2D eigenvalue weighted by Gasteiger charge is -2.08. The van der Waals surface area contributed by atoms with Crippen LogP contribution in [0, 0.1) is 24.0 Å². The molecule has 0 aliphatic carbocycles. The summed E-state index contributed by atoms with van der Waals surface area (Å²) in [6.07, 6.45) is 0. The number of nitrogens with zero attached hydrogens (tertiary/aromatic N) is 3. The summed E-state index contributed by atoms with van der Waals surface area (Å²) in [4.78, 5) is 22.7. The molecule has 1 aromatic heterocycles. The molecule has 0 aliphatic rings. The lowest BCUT2D eigenvalue weighted by atomic mass is 10.1. The molecule has 128 valence electrons. The summed E-state index contributed by atoms with van der Waals surface area (Å²) in [5.74, 6) is -0.225. The van der Waals surface area contributed by atoms with E-state index >= 15 is 0 Å². The second-order valence-electron chi connectivity index (χ2n) is 4.95. The number of nitrogens with one attached hydrogen (secondary N) is 2. The van der Waals surface area contributed by atoms with Crippen LogP contribution in [0.15, 0.2) is 16.5 Å². The van der Waals surface area contributed by atoms with E-state index in [1.807, 2.05) is 13.8 Å². The zero-order valence-electron chi connectivity index (χ0n) is 13.5. The first-order chi connectivity index (χ1) is 11.4. The third-order valence-electron chi connectivity index (χ3n) is 3.14. The van der Waals surface area contributed by atoms with Crippen molar-refractivity contribution in [2.75, 3.05) is 22.9 Å². The predicted molar refractivity (Wildman–Crippen MR) is 96.0 cm³/mol. The van der Waals surface area contributed by atoms with Crippen molar-refractivity contribution in [3.63, 3.8) is 0 Å². The Morgan fingerprint density at radius 2 is 2.04 bits per heavy atom. The van der Waals surface area contributed by atoms with Crippen molar-refractivity contribution in [2.45, 2.75) is 25.1 Å². The molecule has 0 aliphatic heterocycles. The lowest BCUT2D eigenvalue weighted by Crippen LogP contribution is -2.15. The number of rotatable bonds is 7. The van der Waals surface area contributed by atoms with Gasteiger partial charge in [-0.1, -0.05) is 23.1 Å². The normalized spacial score (nSPS) is 10.5. The third kappa shape index (κ3) is 4.65. The number of aryl methyl sites for hydroxylation is 2. The van der Waals surface area contributed by atoms with Gasteiger partial charge in [0.05, 0.1) is 10.7 Å². The summed E-state index contributed by atoms with van der Waals surface area (Å²) in [6.45, 7) is 6.34. The molecule has 0 fully saturated rings. The first kappa shape index (κ1) is 18.1. The first-order valence-corrected chi connectivity index (χ1v) is 8.96. The minimum Gasteiger partial charge on any atom is -0.360 e. The molecule has 10 heteroatoms. The Kier molecular flexibility index (Phi) is 6.10. The quantitative estimate of drug-likeness (QED) is 0.439. The number of nitro groups is 1. The fourth-order valence-electron chi connectivity index (χ4n) is 1.86. The first-order valence-electron chi connectivity index (χ1n) is 7.16. The van der Waals surface area contributed by atoms with E-state index in [1.54, 1.807) is 13.0 Å². The average molecular weight is 367 g/mol. The largest absolute Gasteiger partial charge is 0.360 e. The molecular weight excluding hydrogens is 350 g/mol. The number of benzene rings is 1. The molecule has 8 nitrogen and oxygen atoms in total. The highest BCUT2D eigenvalue weighted by atomic mass is 32.2. The van der Waals surface area contributed by atoms with E-state index in [9.17, 15) is 14.9 Å². The van der Waals surface area contributed by atoms with Crippen LogP contribution in [0.3, 0.4) is 0 Å². The van der Waals surface area contributed by atoms with Crippen molar-refractivity contribution in [3.8, 4) is 0 Å². The van der Waals surface area contributed by atoms with Crippen LogP contribution in [0.4, 0.5) is 16.5 Å². The van der Waals surface area contributed by atoms with E-state index in [4.69, 9.17) is 0 Å². The van der Waals surface area contributed by atoms with Gasteiger partial charge in [-0.05, 0) is 38.0 Å². The summed E-state index contributed by atoms with van der Waals surface area (Å²) < 4.78 is 0.663. The van der Waals surface area contributed by atoms with E-state index in [1.165, 1.54) is 29.2 Å². The molecule has 0 saturated heterocycles. The van der Waals surface area contributed by atoms with Crippen molar-refractivity contribution < 1.29 is 9.72 Å². The molecule has 0 atom stereocenters. The lowest BCUT2D eigenvalue weighted by molar-refractivity contribution is -0.384. The highest BCUT2D eigenvalue weighted by molar-refractivity contribution is 8.01. The number of carbonyl (C=O) groups excluding carboxylic acids is 1. The smallest absolute Gasteiger partial charge is 0.293 e.